The smallest absolute Gasteiger partial charge is 0.223 e. The van der Waals surface area contributed by atoms with E-state index < -0.39 is 0 Å². The van der Waals surface area contributed by atoms with E-state index in [1.165, 1.54) is 0 Å². The number of aryl methyl sites for hydroxylation is 1. The fourth-order valence-electron chi connectivity index (χ4n) is 2.81. The summed E-state index contributed by atoms with van der Waals surface area (Å²) in [7, 11) is 3.71. The SMILES string of the molecule is Cc1c[n+]([O-])c(Cn2nc(N(C)C)c3c(Cl)nc(N)nc32)c(C)c1C. The zero-order valence-electron chi connectivity index (χ0n) is 14.8. The molecule has 0 aliphatic carbocycles. The fourth-order valence-corrected chi connectivity index (χ4v) is 3.07. The third-order valence-corrected chi connectivity index (χ3v) is 4.71. The molecule has 132 valence electrons. The Bertz CT molecular complexity index is 981. The van der Waals surface area contributed by atoms with Crippen LogP contribution in [0.3, 0.4) is 0 Å². The van der Waals surface area contributed by atoms with Crippen LogP contribution in [-0.2, 0) is 6.54 Å². The second kappa shape index (κ2) is 6.03. The highest BCUT2D eigenvalue weighted by Crippen LogP contribution is 2.30. The molecule has 3 heterocycles. The van der Waals surface area contributed by atoms with Crippen molar-refractivity contribution in [2.24, 2.45) is 0 Å². The molecule has 3 aromatic rings. The molecule has 0 bridgehead atoms. The number of anilines is 2. The normalized spacial score (nSPS) is 11.3. The van der Waals surface area contributed by atoms with E-state index in [0.717, 1.165) is 21.4 Å². The lowest BCUT2D eigenvalue weighted by molar-refractivity contribution is -0.615. The number of rotatable bonds is 3. The van der Waals surface area contributed by atoms with Crippen LogP contribution in [0.5, 0.6) is 0 Å². The standard InChI is InChI=1S/C16H20ClN7O/c1-8-6-24(25)11(10(3)9(8)2)7-23-14-12(15(21-23)22(4)5)13(17)19-16(18)20-14/h6H,7H2,1-5H3,(H2,18,19,20). The van der Waals surface area contributed by atoms with Crippen LogP contribution < -0.4 is 15.4 Å². The Morgan fingerprint density at radius 1 is 1.24 bits per heavy atom. The van der Waals surface area contributed by atoms with Crippen LogP contribution in [0.25, 0.3) is 11.0 Å². The minimum absolute atomic E-state index is 0.0655. The number of pyridine rings is 1. The first-order chi connectivity index (χ1) is 11.7. The Kier molecular flexibility index (Phi) is 4.16. The molecule has 8 nitrogen and oxygen atoms in total. The van der Waals surface area contributed by atoms with Crippen LogP contribution in [0.1, 0.15) is 22.4 Å². The summed E-state index contributed by atoms with van der Waals surface area (Å²) in [5, 5.41) is 17.8. The number of nitrogens with zero attached hydrogens (tertiary/aromatic N) is 6. The van der Waals surface area contributed by atoms with Gasteiger partial charge in [0.15, 0.2) is 17.7 Å². The van der Waals surface area contributed by atoms with Crippen LogP contribution >= 0.6 is 11.6 Å². The first kappa shape index (κ1) is 17.2. The maximum Gasteiger partial charge on any atom is 0.223 e. The summed E-state index contributed by atoms with van der Waals surface area (Å²) >= 11 is 6.26. The van der Waals surface area contributed by atoms with E-state index in [-0.39, 0.29) is 17.6 Å². The number of hydrogen-bond acceptors (Lipinski definition) is 6. The van der Waals surface area contributed by atoms with Gasteiger partial charge in [-0.25, -0.2) is 9.67 Å². The van der Waals surface area contributed by atoms with E-state index in [9.17, 15) is 5.21 Å². The predicted octanol–water partition coefficient (Wildman–Crippen LogP) is 1.73. The van der Waals surface area contributed by atoms with E-state index >= 15 is 0 Å². The number of nitrogen functional groups attached to an aromatic ring is 1. The van der Waals surface area contributed by atoms with Gasteiger partial charge in [-0.15, -0.1) is 0 Å². The van der Waals surface area contributed by atoms with Crippen molar-refractivity contribution >= 4 is 34.4 Å². The lowest BCUT2D eigenvalue weighted by atomic mass is 10.0. The Hall–Kier alpha value is -2.61. The molecule has 3 aromatic heterocycles. The zero-order valence-corrected chi connectivity index (χ0v) is 15.6. The third kappa shape index (κ3) is 2.82. The van der Waals surface area contributed by atoms with Gasteiger partial charge in [0.2, 0.25) is 11.6 Å². The van der Waals surface area contributed by atoms with Gasteiger partial charge in [0.05, 0.1) is 0 Å². The molecule has 0 saturated carbocycles. The first-order valence-corrected chi connectivity index (χ1v) is 8.14. The lowest BCUT2D eigenvalue weighted by Crippen LogP contribution is -2.35. The molecule has 0 amide bonds. The molecule has 25 heavy (non-hydrogen) atoms. The Labute approximate surface area is 150 Å². The van der Waals surface area contributed by atoms with E-state index in [1.807, 2.05) is 39.8 Å². The fraction of sp³-hybridized carbons (Fsp3) is 0.375. The zero-order chi connectivity index (χ0) is 18.5. The third-order valence-electron chi connectivity index (χ3n) is 4.43. The van der Waals surface area contributed by atoms with E-state index in [4.69, 9.17) is 17.3 Å². The van der Waals surface area contributed by atoms with Gasteiger partial charge in [-0.2, -0.15) is 14.8 Å². The number of halogens is 1. The summed E-state index contributed by atoms with van der Waals surface area (Å²) in [6, 6.07) is 0. The van der Waals surface area contributed by atoms with Gasteiger partial charge in [0.25, 0.3) is 0 Å². The van der Waals surface area contributed by atoms with Gasteiger partial charge >= 0.3 is 0 Å². The number of nitrogens with two attached hydrogens (primary N) is 1. The highest BCUT2D eigenvalue weighted by Gasteiger charge is 2.22. The number of fused-ring (bicyclic) bond motifs is 1. The van der Waals surface area contributed by atoms with Crippen molar-refractivity contribution in [2.45, 2.75) is 27.3 Å². The maximum atomic E-state index is 12.4. The topological polar surface area (TPSA) is 99.8 Å². The summed E-state index contributed by atoms with van der Waals surface area (Å²) in [5.41, 5.74) is 9.81. The molecule has 0 radical (unpaired) electrons. The van der Waals surface area contributed by atoms with Crippen molar-refractivity contribution in [1.29, 1.82) is 0 Å². The van der Waals surface area contributed by atoms with Crippen LogP contribution in [0.15, 0.2) is 6.20 Å². The van der Waals surface area contributed by atoms with Crippen LogP contribution in [0.2, 0.25) is 5.15 Å². The molecule has 0 aromatic carbocycles. The van der Waals surface area contributed by atoms with Crippen molar-refractivity contribution in [3.05, 3.63) is 38.9 Å². The summed E-state index contributed by atoms with van der Waals surface area (Å²) in [4.78, 5) is 10.1. The van der Waals surface area contributed by atoms with Crippen molar-refractivity contribution < 1.29 is 4.73 Å². The second-order valence-electron chi connectivity index (χ2n) is 6.28. The molecule has 3 rings (SSSR count). The highest BCUT2D eigenvalue weighted by molar-refractivity contribution is 6.35. The highest BCUT2D eigenvalue weighted by atomic mass is 35.5. The van der Waals surface area contributed by atoms with E-state index in [0.29, 0.717) is 22.5 Å². The average molecular weight is 362 g/mol. The van der Waals surface area contributed by atoms with Gasteiger partial charge in [-0.1, -0.05) is 11.6 Å². The summed E-state index contributed by atoms with van der Waals surface area (Å²) in [6.45, 7) is 6.10. The minimum atomic E-state index is 0.0655. The molecular formula is C16H20ClN7O. The quantitative estimate of drug-likeness (QED) is 0.433. The minimum Gasteiger partial charge on any atom is -0.618 e. The van der Waals surface area contributed by atoms with Crippen LogP contribution in [0.4, 0.5) is 11.8 Å². The summed E-state index contributed by atoms with van der Waals surface area (Å²) < 4.78 is 2.52. The van der Waals surface area contributed by atoms with E-state index in [2.05, 4.69) is 15.1 Å². The van der Waals surface area contributed by atoms with Gasteiger partial charge in [0, 0.05) is 25.2 Å². The van der Waals surface area contributed by atoms with Gasteiger partial charge in [-0.3, -0.25) is 0 Å². The van der Waals surface area contributed by atoms with Gasteiger partial charge in [-0.05, 0) is 26.3 Å². The van der Waals surface area contributed by atoms with Gasteiger partial charge in [0.1, 0.15) is 17.1 Å². The van der Waals surface area contributed by atoms with Crippen molar-refractivity contribution in [2.75, 3.05) is 24.7 Å². The molecule has 0 saturated heterocycles. The molecule has 0 atom stereocenters. The monoisotopic (exact) mass is 361 g/mol. The number of hydrogen-bond donors (Lipinski definition) is 1. The van der Waals surface area contributed by atoms with Crippen LogP contribution in [-0.4, -0.2) is 33.8 Å². The van der Waals surface area contributed by atoms with Gasteiger partial charge < -0.3 is 15.8 Å². The van der Waals surface area contributed by atoms with Crippen molar-refractivity contribution in [1.82, 2.24) is 19.7 Å². The largest absolute Gasteiger partial charge is 0.618 e. The predicted molar refractivity (Wildman–Crippen MR) is 97.8 cm³/mol. The second-order valence-corrected chi connectivity index (χ2v) is 6.64. The maximum absolute atomic E-state index is 12.4. The molecule has 9 heteroatoms. The Morgan fingerprint density at radius 2 is 1.92 bits per heavy atom. The van der Waals surface area contributed by atoms with Crippen molar-refractivity contribution in [3.63, 3.8) is 0 Å². The Balaban J connectivity index is 2.23. The molecule has 2 N–H and O–H groups in total. The molecule has 0 fully saturated rings. The lowest BCUT2D eigenvalue weighted by Gasteiger charge is -2.12. The number of aromatic nitrogens is 5. The molecule has 0 aliphatic heterocycles. The van der Waals surface area contributed by atoms with Crippen molar-refractivity contribution in [3.8, 4) is 0 Å². The average Bonchev–Trinajstić information content (AvgIpc) is 2.88. The van der Waals surface area contributed by atoms with E-state index in [1.54, 1.807) is 10.9 Å². The molecular weight excluding hydrogens is 342 g/mol. The summed E-state index contributed by atoms with van der Waals surface area (Å²) in [5.74, 6) is 0.690. The molecule has 0 aliphatic rings. The molecule has 0 spiro atoms. The van der Waals surface area contributed by atoms with Crippen LogP contribution in [0, 0.1) is 26.0 Å². The Morgan fingerprint density at radius 3 is 2.56 bits per heavy atom. The first-order valence-electron chi connectivity index (χ1n) is 7.76. The molecule has 0 unspecified atom stereocenters. The summed E-state index contributed by atoms with van der Waals surface area (Å²) in [6.07, 6.45) is 1.58.